The topological polar surface area (TPSA) is 23.3 Å². The van der Waals surface area contributed by atoms with Crippen LogP contribution in [0.3, 0.4) is 0 Å². The molecule has 0 radical (unpaired) electrons. The highest BCUT2D eigenvalue weighted by Gasteiger charge is 2.26. The van der Waals surface area contributed by atoms with Crippen LogP contribution in [0.1, 0.15) is 156 Å². The second kappa shape index (κ2) is 39.3. The van der Waals surface area contributed by atoms with Crippen molar-refractivity contribution in [2.24, 2.45) is 48.2 Å². The predicted octanol–water partition coefficient (Wildman–Crippen LogP) is 27.9. The summed E-state index contributed by atoms with van der Waals surface area (Å²) < 4.78 is 77.1. The summed E-state index contributed by atoms with van der Waals surface area (Å²) in [5, 5.41) is 11.3. The van der Waals surface area contributed by atoms with Crippen LogP contribution in [0, 0.1) is 130 Å². The molecular formula is C121H134N6+6. The zero-order valence-electron chi connectivity index (χ0n) is 87.9. The smallest absolute Gasteiger partial charge is 0.200 e. The van der Waals surface area contributed by atoms with Crippen LogP contribution in [0.4, 0.5) is 0 Å². The number of pyridine rings is 6. The van der Waals surface area contributed by atoms with Gasteiger partial charge in [0, 0.05) is 98.6 Å². The summed E-state index contributed by atoms with van der Waals surface area (Å²) >= 11 is 0. The van der Waals surface area contributed by atoms with Crippen molar-refractivity contribution in [3.05, 3.63) is 391 Å². The van der Waals surface area contributed by atoms with Crippen molar-refractivity contribution in [3.63, 3.8) is 0 Å². The Morgan fingerprint density at radius 2 is 0.646 bits per heavy atom. The third-order valence-electron chi connectivity index (χ3n) is 25.7. The summed E-state index contributed by atoms with van der Waals surface area (Å²) in [6.45, 7) is 37.9. The fourth-order valence-corrected chi connectivity index (χ4v) is 18.3. The minimum absolute atomic E-state index is 0.0836. The molecule has 18 rings (SSSR count). The molecule has 0 spiro atoms. The van der Waals surface area contributed by atoms with Crippen molar-refractivity contribution in [1.82, 2.24) is 0 Å². The molecule has 0 saturated carbocycles. The van der Waals surface area contributed by atoms with Crippen LogP contribution in [0.2, 0.25) is 0 Å². The average molecular weight is 1680 g/mol. The van der Waals surface area contributed by atoms with Gasteiger partial charge >= 0.3 is 0 Å². The second-order valence-corrected chi connectivity index (χ2v) is 35.9. The van der Waals surface area contributed by atoms with Crippen molar-refractivity contribution in [2.75, 3.05) is 0 Å². The molecule has 6 nitrogen and oxygen atoms in total. The highest BCUT2D eigenvalue weighted by Crippen LogP contribution is 2.37. The highest BCUT2D eigenvalue weighted by molar-refractivity contribution is 5.97. The van der Waals surface area contributed by atoms with Gasteiger partial charge in [-0.15, -0.1) is 0 Å². The van der Waals surface area contributed by atoms with Crippen LogP contribution in [0.25, 0.3) is 133 Å². The van der Waals surface area contributed by atoms with Crippen molar-refractivity contribution >= 4 is 65.0 Å². The SMILES string of the molecule is Cc1cc(C)c(C)c(-c2c3ccc(C(C)C)cc3cc[n+]2C)c1.Cc1cc(C)c(C)c(-c2c3ccccc3cc[n+]2C)c1.Cc1ccccc1-c1c2ccccc2cc[n+]1C.[2H]C([2H])([2H])c1cc(C)cc(-c2cc(C)c3c(C)cccc3[n+]2C)c1C.[2H]C([2H])([2H])c1cc(C)cc(-c2ccc3ccccc3[n+]2C)c1C.[2H]C([2H])(c1cccc2c1ccc(-c1cc(C)cc(C)c1C)[n+]2C)C(C)C. The number of fused-ring (bicyclic) bond motifs is 6. The lowest BCUT2D eigenvalue weighted by atomic mass is 9.93. The maximum Gasteiger partial charge on any atom is 0.220 e. The number of para-hydroxylation sites is 1. The molecule has 6 aromatic heterocycles. The normalized spacial score (nSPS) is 12.4. The van der Waals surface area contributed by atoms with Crippen LogP contribution in [0.15, 0.2) is 279 Å². The Balaban J connectivity index is 0.000000138. The average Bonchev–Trinajstić information content (AvgIpc) is 0.759. The minimum atomic E-state index is -2.11. The van der Waals surface area contributed by atoms with Crippen molar-refractivity contribution < 1.29 is 38.4 Å². The quantitative estimate of drug-likeness (QED) is 0.129. The molecule has 0 bridgehead atoms. The van der Waals surface area contributed by atoms with Crippen molar-refractivity contribution in [3.8, 4) is 67.5 Å². The van der Waals surface area contributed by atoms with Gasteiger partial charge < -0.3 is 0 Å². The standard InChI is InChI=1S/C23H28N.C22H26N.C21H24N.2C19H20N.C17H16N/c1-15(2)12-19-8-7-9-22-20(19)10-11-23(24(22)6)21-14-16(3)13-17(4)18(21)5;1-14(2)18-7-8-20-19(13-18)9-10-23(6)22(20)21-12-15(3)11-16(4)17(21)5;1-13-10-15(3)17(5)18(11-13)20-12-16(4)21-14(2)8-7-9-19(21)22(20)6;1-13-11-14(2)15(3)17(12-13)19-10-9-16-7-5-6-8-18(16)20(19)4;1-13-11-14(2)15(3)18(12-13)19-17-8-6-5-7-16(17)9-10-20(19)4;1-13-7-3-5-9-15(13)17-16-10-6-4-8-14(16)11-12-18(17)2/h7-11,13-15H,12H2,1-6H3;7-14H,1-6H3;7-12H,1-6H3;2*5-12H,1-4H3;3-12H,1-2H3/q6*+1/i12D2;;3D3;2D3;;. The molecular weight excluding hydrogens is 1540 g/mol. The van der Waals surface area contributed by atoms with Crippen LogP contribution < -0.4 is 27.4 Å². The molecule has 6 heteroatoms. The lowest BCUT2D eigenvalue weighted by Crippen LogP contribution is -2.32. The summed E-state index contributed by atoms with van der Waals surface area (Å²) in [4.78, 5) is 0. The van der Waals surface area contributed by atoms with E-state index in [0.29, 0.717) is 17.0 Å². The van der Waals surface area contributed by atoms with Gasteiger partial charge in [0.1, 0.15) is 42.3 Å². The number of aryl methyl sites for hydroxylation is 19. The van der Waals surface area contributed by atoms with E-state index in [1.807, 2.05) is 79.9 Å². The van der Waals surface area contributed by atoms with E-state index >= 15 is 0 Å². The first kappa shape index (κ1) is 81.2. The van der Waals surface area contributed by atoms with Crippen molar-refractivity contribution in [2.45, 2.75) is 164 Å². The Kier molecular flexibility index (Phi) is 25.1. The van der Waals surface area contributed by atoms with Gasteiger partial charge in [-0.3, -0.25) is 0 Å². The molecule has 0 fully saturated rings. The third kappa shape index (κ3) is 19.9. The van der Waals surface area contributed by atoms with Crippen LogP contribution in [-0.4, -0.2) is 0 Å². The molecule has 6 heterocycles. The lowest BCUT2D eigenvalue weighted by Gasteiger charge is -2.12. The lowest BCUT2D eigenvalue weighted by molar-refractivity contribution is -0.659. The maximum atomic E-state index is 8.54. The van der Waals surface area contributed by atoms with Gasteiger partial charge in [-0.2, -0.15) is 13.7 Å². The van der Waals surface area contributed by atoms with Crippen LogP contribution >= 0.6 is 0 Å². The number of rotatable bonds is 9. The second-order valence-electron chi connectivity index (χ2n) is 35.9. The number of nitrogens with zero attached hydrogens (tertiary/aromatic N) is 6. The summed E-state index contributed by atoms with van der Waals surface area (Å²) in [6, 6.07) is 91.4. The predicted molar refractivity (Wildman–Crippen MR) is 541 cm³/mol. The molecule has 0 aliphatic rings. The molecule has 127 heavy (non-hydrogen) atoms. The highest BCUT2D eigenvalue weighted by atomic mass is 15.0. The monoisotopic (exact) mass is 1680 g/mol. The van der Waals surface area contributed by atoms with Gasteiger partial charge in [-0.25, -0.2) is 13.7 Å². The molecule has 0 aliphatic carbocycles. The third-order valence-corrected chi connectivity index (χ3v) is 25.7. The molecule has 0 atom stereocenters. The van der Waals surface area contributed by atoms with E-state index in [4.69, 9.17) is 11.0 Å². The Hall–Kier alpha value is -12.9. The number of hydrogen-bond donors (Lipinski definition) is 0. The number of benzene rings is 12. The Bertz CT molecular complexity index is 7580. The molecule has 12 aromatic carbocycles. The van der Waals surface area contributed by atoms with Crippen molar-refractivity contribution in [1.29, 1.82) is 0 Å². The summed E-state index contributed by atoms with van der Waals surface area (Å²) in [5.41, 5.74) is 39.9. The fraction of sp³-hybridized carbons (Fsp3) is 0.256. The van der Waals surface area contributed by atoms with E-state index in [9.17, 15) is 0 Å². The van der Waals surface area contributed by atoms with E-state index in [1.165, 1.54) is 155 Å². The molecule has 18 aromatic rings. The fourth-order valence-electron chi connectivity index (χ4n) is 18.3. The zero-order valence-corrected chi connectivity index (χ0v) is 79.9. The zero-order chi connectivity index (χ0) is 98.0. The number of aromatic nitrogens is 6. The van der Waals surface area contributed by atoms with E-state index in [-0.39, 0.29) is 5.92 Å². The van der Waals surface area contributed by atoms with Gasteiger partial charge in [0.15, 0.2) is 18.6 Å². The van der Waals surface area contributed by atoms with Gasteiger partial charge in [0.25, 0.3) is 0 Å². The maximum absolute atomic E-state index is 8.54. The van der Waals surface area contributed by atoms with E-state index in [2.05, 4.69) is 396 Å². The van der Waals surface area contributed by atoms with E-state index in [1.54, 1.807) is 12.1 Å². The first-order valence-corrected chi connectivity index (χ1v) is 44.7. The Labute approximate surface area is 769 Å². The van der Waals surface area contributed by atoms with Gasteiger partial charge in [-0.1, -0.05) is 189 Å². The number of hydrogen-bond acceptors (Lipinski definition) is 0. The minimum Gasteiger partial charge on any atom is -0.200 e. The molecule has 0 unspecified atom stereocenters. The summed E-state index contributed by atoms with van der Waals surface area (Å²) in [5.74, 6) is 0.472. The molecule has 0 saturated heterocycles. The van der Waals surface area contributed by atoms with E-state index in [0.717, 1.165) is 78.0 Å². The largest absolute Gasteiger partial charge is 0.220 e. The molecule has 642 valence electrons. The first-order valence-electron chi connectivity index (χ1n) is 48.7. The summed E-state index contributed by atoms with van der Waals surface area (Å²) in [6.07, 6.45) is 5.10. The van der Waals surface area contributed by atoms with Gasteiger partial charge in [0.05, 0.1) is 32.7 Å². The van der Waals surface area contributed by atoms with Gasteiger partial charge in [0.2, 0.25) is 50.7 Å². The summed E-state index contributed by atoms with van der Waals surface area (Å²) in [7, 11) is 12.5. The molecule has 0 aliphatic heterocycles. The first-order chi connectivity index (χ1) is 63.8. The Morgan fingerprint density at radius 3 is 1.16 bits per heavy atom. The van der Waals surface area contributed by atoms with Crippen LogP contribution in [-0.2, 0) is 48.7 Å². The molecule has 0 N–H and O–H groups in total. The van der Waals surface area contributed by atoms with Gasteiger partial charge in [-0.05, 0) is 315 Å². The van der Waals surface area contributed by atoms with E-state index < -0.39 is 20.1 Å². The molecule has 0 amide bonds. The Morgan fingerprint density at radius 1 is 0.268 bits per heavy atom. The van der Waals surface area contributed by atoms with Crippen LogP contribution in [0.5, 0.6) is 0 Å².